The van der Waals surface area contributed by atoms with Crippen LogP contribution in [0.25, 0.3) is 0 Å². The van der Waals surface area contributed by atoms with E-state index >= 15 is 0 Å². The van der Waals surface area contributed by atoms with Gasteiger partial charge in [0.25, 0.3) is 0 Å². The average molecular weight is 508 g/mol. The highest BCUT2D eigenvalue weighted by atomic mass is 16.3. The molecule has 1 aromatic carbocycles. The topological polar surface area (TPSA) is 102 Å². The van der Waals surface area contributed by atoms with Gasteiger partial charge in [-0.05, 0) is 76.7 Å². The Hall–Kier alpha value is -2.91. The molecule has 2 aromatic rings. The molecule has 198 valence electrons. The Kier molecular flexibility index (Phi) is 7.02. The van der Waals surface area contributed by atoms with Gasteiger partial charge in [-0.3, -0.25) is 9.69 Å². The largest absolute Gasteiger partial charge is 0.388 e. The first-order valence-corrected chi connectivity index (χ1v) is 13.5. The standard InChI is InChI=1S/C28H38N6O3/c1-32(2)28(22-8-4-3-5-9-22)17-15-26(16-18-28)20-23(34(37)33(26)21-27(36)13-7-14-27)11-12-25(35)30-24-10-6-19-29-31-24/h3-6,8-10,19,23,36H,7,11-18,20-21H2,1-2H3/p+1/t23-,26?,28?/m1/s1. The number of amides is 1. The normalized spacial score (nSPS) is 28.9. The van der Waals surface area contributed by atoms with Crippen molar-refractivity contribution in [3.8, 4) is 0 Å². The molecule has 1 atom stereocenters. The molecule has 3 aliphatic rings. The molecule has 1 amide bonds. The van der Waals surface area contributed by atoms with Crippen molar-refractivity contribution in [2.24, 2.45) is 0 Å². The van der Waals surface area contributed by atoms with Crippen LogP contribution in [0.5, 0.6) is 0 Å². The monoisotopic (exact) mass is 507 g/mol. The number of carbonyl (C=O) groups excluding carboxylic acids is 1. The molecule has 0 unspecified atom stereocenters. The zero-order valence-corrected chi connectivity index (χ0v) is 22.0. The summed E-state index contributed by atoms with van der Waals surface area (Å²) in [7, 11) is 4.29. The maximum Gasteiger partial charge on any atom is 0.237 e. The Morgan fingerprint density at radius 3 is 2.43 bits per heavy atom. The Bertz CT molecular complexity index is 1100. The maximum atomic E-state index is 13.7. The molecule has 2 N–H and O–H groups in total. The number of nitrogens with zero attached hydrogens (tertiary/aromatic N) is 5. The molecule has 5 rings (SSSR count). The SMILES string of the molecule is CN(C)C1(c2ccccc2)CCC2(CC1)C[C@@H](CCC(=O)Nc1cccnn1)[N+](=O)N2CC1(O)CCC1. The molecule has 37 heavy (non-hydrogen) atoms. The van der Waals surface area contributed by atoms with Gasteiger partial charge in [0.2, 0.25) is 11.9 Å². The molecular formula is C28H39N6O3+. The van der Waals surface area contributed by atoms with Gasteiger partial charge < -0.3 is 10.4 Å². The van der Waals surface area contributed by atoms with Crippen LogP contribution in [0.1, 0.15) is 69.8 Å². The van der Waals surface area contributed by atoms with Crippen molar-refractivity contribution in [3.05, 3.63) is 59.1 Å². The Morgan fingerprint density at radius 2 is 1.84 bits per heavy atom. The second-order valence-electron chi connectivity index (χ2n) is 11.5. The lowest BCUT2D eigenvalue weighted by atomic mass is 9.66. The second kappa shape index (κ2) is 10.1. The molecule has 2 saturated carbocycles. The first kappa shape index (κ1) is 25.7. The van der Waals surface area contributed by atoms with E-state index in [4.69, 9.17) is 0 Å². The predicted octanol–water partition coefficient (Wildman–Crippen LogP) is 3.65. The number of aromatic nitrogens is 2. The van der Waals surface area contributed by atoms with Crippen LogP contribution in [0.4, 0.5) is 5.82 Å². The van der Waals surface area contributed by atoms with Crippen LogP contribution in [-0.2, 0) is 10.3 Å². The zero-order valence-electron chi connectivity index (χ0n) is 22.0. The summed E-state index contributed by atoms with van der Waals surface area (Å²) >= 11 is 0. The van der Waals surface area contributed by atoms with E-state index in [0.717, 1.165) is 49.8 Å². The summed E-state index contributed by atoms with van der Waals surface area (Å²) < 4.78 is 0. The third-order valence-electron chi connectivity index (χ3n) is 9.16. The Morgan fingerprint density at radius 1 is 1.11 bits per heavy atom. The molecule has 0 bridgehead atoms. The number of carbonyl (C=O) groups is 1. The van der Waals surface area contributed by atoms with Crippen molar-refractivity contribution >= 4 is 11.7 Å². The fourth-order valence-corrected chi connectivity index (χ4v) is 6.70. The summed E-state index contributed by atoms with van der Waals surface area (Å²) in [6.45, 7) is 0.374. The van der Waals surface area contributed by atoms with Gasteiger partial charge in [-0.25, -0.2) is 0 Å². The number of aliphatic hydroxyl groups is 1. The van der Waals surface area contributed by atoms with Crippen molar-refractivity contribution in [3.63, 3.8) is 0 Å². The van der Waals surface area contributed by atoms with Crippen LogP contribution in [0.3, 0.4) is 0 Å². The van der Waals surface area contributed by atoms with Crippen LogP contribution in [0.15, 0.2) is 48.7 Å². The number of anilines is 1. The number of hydrogen-bond acceptors (Lipinski definition) is 6. The summed E-state index contributed by atoms with van der Waals surface area (Å²) in [5.41, 5.74) is 0.151. The second-order valence-corrected chi connectivity index (χ2v) is 11.5. The summed E-state index contributed by atoms with van der Waals surface area (Å²) in [6.07, 6.45) is 9.07. The van der Waals surface area contributed by atoms with Gasteiger partial charge in [-0.2, -0.15) is 5.10 Å². The maximum absolute atomic E-state index is 13.7. The quantitative estimate of drug-likeness (QED) is 0.526. The van der Waals surface area contributed by atoms with Crippen LogP contribution in [-0.4, -0.2) is 73.8 Å². The molecule has 1 aromatic heterocycles. The van der Waals surface area contributed by atoms with Gasteiger partial charge in [-0.1, -0.05) is 30.3 Å². The predicted molar refractivity (Wildman–Crippen MR) is 140 cm³/mol. The van der Waals surface area contributed by atoms with Crippen molar-refractivity contribution in [2.45, 2.75) is 86.9 Å². The summed E-state index contributed by atoms with van der Waals surface area (Å²) in [4.78, 5) is 29.7. The number of hydrazine groups is 1. The third kappa shape index (κ3) is 4.99. The molecule has 2 aliphatic carbocycles. The van der Waals surface area contributed by atoms with Gasteiger partial charge in [0.15, 0.2) is 5.82 Å². The molecule has 9 nitrogen and oxygen atoms in total. The molecule has 1 aliphatic heterocycles. The van der Waals surface area contributed by atoms with E-state index in [2.05, 4.69) is 64.8 Å². The van der Waals surface area contributed by atoms with Crippen LogP contribution >= 0.6 is 0 Å². The van der Waals surface area contributed by atoms with Gasteiger partial charge in [0.1, 0.15) is 17.0 Å². The fourth-order valence-electron chi connectivity index (χ4n) is 6.70. The van der Waals surface area contributed by atoms with Gasteiger partial charge in [0.05, 0.1) is 10.5 Å². The van der Waals surface area contributed by atoms with E-state index in [9.17, 15) is 14.8 Å². The minimum absolute atomic E-state index is 0.0754. The van der Waals surface area contributed by atoms with Crippen molar-refractivity contribution in [1.82, 2.24) is 20.1 Å². The van der Waals surface area contributed by atoms with Crippen molar-refractivity contribution in [1.29, 1.82) is 0 Å². The fraction of sp³-hybridized carbons (Fsp3) is 0.607. The molecular weight excluding hydrogens is 468 g/mol. The van der Waals surface area contributed by atoms with E-state index in [1.54, 1.807) is 18.3 Å². The van der Waals surface area contributed by atoms with Gasteiger partial charge in [0, 0.05) is 31.0 Å². The number of β-amino-alcohol motifs (C(OH)–C–C–N with tert-alkyl or cyclic N) is 1. The molecule has 0 radical (unpaired) electrons. The van der Waals surface area contributed by atoms with E-state index in [-0.39, 0.29) is 29.4 Å². The Labute approximate surface area is 218 Å². The Balaban J connectivity index is 1.32. The van der Waals surface area contributed by atoms with E-state index in [1.165, 1.54) is 5.56 Å². The highest BCUT2D eigenvalue weighted by Crippen LogP contribution is 2.52. The number of nitroso groups, excluding NO2 is 1. The number of hydrogen-bond donors (Lipinski definition) is 2. The van der Waals surface area contributed by atoms with E-state index in [0.29, 0.717) is 25.2 Å². The number of benzene rings is 1. The first-order chi connectivity index (χ1) is 17.8. The summed E-state index contributed by atoms with van der Waals surface area (Å²) in [5.74, 6) is 0.245. The molecule has 2 heterocycles. The summed E-state index contributed by atoms with van der Waals surface area (Å²) in [5, 5.41) is 23.5. The van der Waals surface area contributed by atoms with E-state index in [1.807, 2.05) is 5.01 Å². The van der Waals surface area contributed by atoms with E-state index < -0.39 is 5.60 Å². The van der Waals surface area contributed by atoms with Crippen LogP contribution < -0.4 is 5.32 Å². The third-order valence-corrected chi connectivity index (χ3v) is 9.16. The summed E-state index contributed by atoms with van der Waals surface area (Å²) in [6, 6.07) is 13.8. The highest BCUT2D eigenvalue weighted by Gasteiger charge is 2.62. The lowest BCUT2D eigenvalue weighted by Gasteiger charge is -2.50. The van der Waals surface area contributed by atoms with Gasteiger partial charge in [-0.15, -0.1) is 10.1 Å². The van der Waals surface area contributed by atoms with Crippen molar-refractivity contribution in [2.75, 3.05) is 26.0 Å². The number of rotatable bonds is 8. The lowest BCUT2D eigenvalue weighted by molar-refractivity contribution is -0.725. The minimum Gasteiger partial charge on any atom is -0.388 e. The molecule has 1 saturated heterocycles. The molecule has 9 heteroatoms. The van der Waals surface area contributed by atoms with Crippen molar-refractivity contribution < 1.29 is 14.8 Å². The highest BCUT2D eigenvalue weighted by molar-refractivity contribution is 5.89. The number of nitrogens with one attached hydrogen (secondary N) is 1. The molecule has 1 spiro atoms. The first-order valence-electron chi connectivity index (χ1n) is 13.5. The average Bonchev–Trinajstić information content (AvgIpc) is 3.13. The van der Waals surface area contributed by atoms with Gasteiger partial charge >= 0.3 is 0 Å². The lowest BCUT2D eigenvalue weighted by Crippen LogP contribution is -2.59. The van der Waals surface area contributed by atoms with Crippen LogP contribution in [0, 0.1) is 4.91 Å². The van der Waals surface area contributed by atoms with Crippen LogP contribution in [0.2, 0.25) is 0 Å². The smallest absolute Gasteiger partial charge is 0.237 e. The minimum atomic E-state index is -0.788. The zero-order chi connectivity index (χ0) is 26.1. The molecule has 3 fully saturated rings.